The highest BCUT2D eigenvalue weighted by molar-refractivity contribution is 5.79. The van der Waals surface area contributed by atoms with Crippen molar-refractivity contribution in [2.24, 2.45) is 0 Å². The summed E-state index contributed by atoms with van der Waals surface area (Å²) in [7, 11) is 0. The molecule has 35 heavy (non-hydrogen) atoms. The number of carbonyl (C=O) groups excluding carboxylic acids is 1. The SMILES string of the molecule is O=C(NCC(O)C(O)c1ccc(-c2ccccc2)cc1)OCC1c2ccccc2-c2ccccc21. The van der Waals surface area contributed by atoms with E-state index in [4.69, 9.17) is 4.74 Å². The standard InChI is InChI=1S/C30H27NO4/c32-28(29(33)22-16-14-21(15-17-22)20-8-2-1-3-9-20)18-31-30(34)35-19-27-25-12-6-4-10-23(25)24-11-5-7-13-26(24)27/h1-17,27-29,32-33H,18-19H2,(H,31,34). The summed E-state index contributed by atoms with van der Waals surface area (Å²) < 4.78 is 5.50. The second-order valence-electron chi connectivity index (χ2n) is 8.71. The van der Waals surface area contributed by atoms with E-state index in [1.165, 1.54) is 0 Å². The van der Waals surface area contributed by atoms with Crippen molar-refractivity contribution in [2.45, 2.75) is 18.1 Å². The second kappa shape index (κ2) is 10.1. The molecule has 1 amide bonds. The monoisotopic (exact) mass is 465 g/mol. The van der Waals surface area contributed by atoms with E-state index in [0.717, 1.165) is 33.4 Å². The van der Waals surface area contributed by atoms with E-state index in [1.807, 2.05) is 66.7 Å². The lowest BCUT2D eigenvalue weighted by Gasteiger charge is -2.19. The molecule has 4 aromatic rings. The van der Waals surface area contributed by atoms with Crippen LogP contribution in [0.4, 0.5) is 4.79 Å². The average Bonchev–Trinajstić information content (AvgIpc) is 3.24. The number of hydrogen-bond donors (Lipinski definition) is 3. The quantitative estimate of drug-likeness (QED) is 0.347. The third-order valence-electron chi connectivity index (χ3n) is 6.52. The minimum atomic E-state index is -1.17. The Morgan fingerprint density at radius 3 is 1.91 bits per heavy atom. The fourth-order valence-corrected chi connectivity index (χ4v) is 4.67. The Morgan fingerprint density at radius 1 is 0.743 bits per heavy atom. The molecule has 5 rings (SSSR count). The summed E-state index contributed by atoms with van der Waals surface area (Å²) in [6.07, 6.45) is -2.93. The van der Waals surface area contributed by atoms with Crippen LogP contribution in [0.15, 0.2) is 103 Å². The molecule has 4 aromatic carbocycles. The van der Waals surface area contributed by atoms with Crippen molar-refractivity contribution in [1.29, 1.82) is 0 Å². The van der Waals surface area contributed by atoms with Gasteiger partial charge in [-0.2, -0.15) is 0 Å². The van der Waals surface area contributed by atoms with E-state index >= 15 is 0 Å². The molecule has 0 fully saturated rings. The van der Waals surface area contributed by atoms with Gasteiger partial charge in [0.15, 0.2) is 0 Å². The van der Waals surface area contributed by atoms with Crippen LogP contribution in [0.1, 0.15) is 28.7 Å². The summed E-state index contributed by atoms with van der Waals surface area (Å²) in [6, 6.07) is 33.6. The van der Waals surface area contributed by atoms with Crippen molar-refractivity contribution in [3.05, 3.63) is 120 Å². The number of fused-ring (bicyclic) bond motifs is 3. The van der Waals surface area contributed by atoms with E-state index in [-0.39, 0.29) is 19.1 Å². The van der Waals surface area contributed by atoms with Gasteiger partial charge in [-0.05, 0) is 38.9 Å². The lowest BCUT2D eigenvalue weighted by atomic mass is 9.98. The molecule has 0 spiro atoms. The average molecular weight is 466 g/mol. The number of nitrogens with one attached hydrogen (secondary N) is 1. The lowest BCUT2D eigenvalue weighted by molar-refractivity contribution is 0.0185. The summed E-state index contributed by atoms with van der Waals surface area (Å²) in [4.78, 5) is 12.4. The first kappa shape index (κ1) is 22.8. The largest absolute Gasteiger partial charge is 0.449 e. The number of carbonyl (C=O) groups is 1. The highest BCUT2D eigenvalue weighted by atomic mass is 16.5. The smallest absolute Gasteiger partial charge is 0.407 e. The molecule has 0 saturated carbocycles. The van der Waals surface area contributed by atoms with E-state index in [2.05, 4.69) is 29.6 Å². The molecule has 0 saturated heterocycles. The van der Waals surface area contributed by atoms with Crippen LogP contribution in [0.2, 0.25) is 0 Å². The molecule has 2 atom stereocenters. The van der Waals surface area contributed by atoms with Crippen molar-refractivity contribution >= 4 is 6.09 Å². The molecular weight excluding hydrogens is 438 g/mol. The fourth-order valence-electron chi connectivity index (χ4n) is 4.67. The van der Waals surface area contributed by atoms with Gasteiger partial charge in [-0.3, -0.25) is 0 Å². The molecule has 0 bridgehead atoms. The molecule has 2 unspecified atom stereocenters. The molecule has 0 aliphatic heterocycles. The van der Waals surface area contributed by atoms with Crippen LogP contribution < -0.4 is 5.32 Å². The first-order valence-electron chi connectivity index (χ1n) is 11.7. The number of benzene rings is 4. The maximum atomic E-state index is 12.4. The van der Waals surface area contributed by atoms with Crippen LogP contribution in [-0.2, 0) is 4.74 Å². The maximum Gasteiger partial charge on any atom is 0.407 e. The predicted octanol–water partition coefficient (Wildman–Crippen LogP) is 5.29. The third-order valence-corrected chi connectivity index (χ3v) is 6.52. The van der Waals surface area contributed by atoms with Gasteiger partial charge in [0.25, 0.3) is 0 Å². The van der Waals surface area contributed by atoms with Crippen LogP contribution in [0.25, 0.3) is 22.3 Å². The number of alkyl carbamates (subject to hydrolysis) is 1. The van der Waals surface area contributed by atoms with Crippen LogP contribution in [0.5, 0.6) is 0 Å². The van der Waals surface area contributed by atoms with E-state index in [9.17, 15) is 15.0 Å². The number of rotatable bonds is 7. The summed E-state index contributed by atoms with van der Waals surface area (Å²) in [5.74, 6) is -0.0354. The highest BCUT2D eigenvalue weighted by Gasteiger charge is 2.29. The van der Waals surface area contributed by atoms with Crippen molar-refractivity contribution in [1.82, 2.24) is 5.32 Å². The molecule has 0 radical (unpaired) electrons. The molecule has 0 heterocycles. The lowest BCUT2D eigenvalue weighted by Crippen LogP contribution is -2.36. The van der Waals surface area contributed by atoms with Gasteiger partial charge >= 0.3 is 6.09 Å². The number of aliphatic hydroxyl groups excluding tert-OH is 2. The van der Waals surface area contributed by atoms with Gasteiger partial charge in [-0.1, -0.05) is 103 Å². The Kier molecular flexibility index (Phi) is 6.62. The molecule has 0 aromatic heterocycles. The first-order chi connectivity index (χ1) is 17.1. The predicted molar refractivity (Wildman–Crippen MR) is 136 cm³/mol. The zero-order valence-electron chi connectivity index (χ0n) is 19.2. The third kappa shape index (κ3) is 4.83. The maximum absolute atomic E-state index is 12.4. The van der Waals surface area contributed by atoms with Gasteiger partial charge in [0.1, 0.15) is 18.8 Å². The van der Waals surface area contributed by atoms with Gasteiger partial charge in [0.2, 0.25) is 0 Å². The topological polar surface area (TPSA) is 78.8 Å². The van der Waals surface area contributed by atoms with Crippen molar-refractivity contribution in [2.75, 3.05) is 13.2 Å². The number of aliphatic hydroxyl groups is 2. The Balaban J connectivity index is 1.15. The number of ether oxygens (including phenoxy) is 1. The Labute approximate surface area is 204 Å². The molecule has 1 aliphatic rings. The summed E-state index contributed by atoms with van der Waals surface area (Å²) in [5, 5.41) is 23.5. The highest BCUT2D eigenvalue weighted by Crippen LogP contribution is 2.44. The second-order valence-corrected chi connectivity index (χ2v) is 8.71. The molecule has 5 heteroatoms. The van der Waals surface area contributed by atoms with Crippen molar-refractivity contribution in [3.8, 4) is 22.3 Å². The van der Waals surface area contributed by atoms with Gasteiger partial charge in [0.05, 0.1) is 0 Å². The summed E-state index contributed by atoms with van der Waals surface area (Å²) in [5.41, 5.74) is 7.26. The first-order valence-corrected chi connectivity index (χ1v) is 11.7. The van der Waals surface area contributed by atoms with Crippen molar-refractivity contribution < 1.29 is 19.7 Å². The Bertz CT molecular complexity index is 1260. The minimum absolute atomic E-state index is 0.0354. The molecule has 176 valence electrons. The van der Waals surface area contributed by atoms with Gasteiger partial charge in [-0.25, -0.2) is 4.79 Å². The normalized spacial score (nSPS) is 14.0. The number of amides is 1. The summed E-state index contributed by atoms with van der Waals surface area (Å²) in [6.45, 7) is 0.0672. The van der Waals surface area contributed by atoms with E-state index in [0.29, 0.717) is 5.56 Å². The molecule has 5 nitrogen and oxygen atoms in total. The van der Waals surface area contributed by atoms with Gasteiger partial charge < -0.3 is 20.3 Å². The van der Waals surface area contributed by atoms with Gasteiger partial charge in [-0.15, -0.1) is 0 Å². The Morgan fingerprint density at radius 2 is 1.29 bits per heavy atom. The summed E-state index contributed by atoms with van der Waals surface area (Å²) >= 11 is 0. The zero-order valence-corrected chi connectivity index (χ0v) is 19.2. The van der Waals surface area contributed by atoms with Gasteiger partial charge in [0, 0.05) is 12.5 Å². The fraction of sp³-hybridized carbons (Fsp3) is 0.167. The van der Waals surface area contributed by atoms with Crippen LogP contribution in [0, 0.1) is 0 Å². The Hall–Kier alpha value is -3.93. The van der Waals surface area contributed by atoms with Crippen LogP contribution in [-0.4, -0.2) is 35.6 Å². The van der Waals surface area contributed by atoms with Crippen molar-refractivity contribution in [3.63, 3.8) is 0 Å². The number of hydrogen-bond acceptors (Lipinski definition) is 4. The van der Waals surface area contributed by atoms with Crippen LogP contribution >= 0.6 is 0 Å². The minimum Gasteiger partial charge on any atom is -0.449 e. The molecule has 3 N–H and O–H groups in total. The van der Waals surface area contributed by atoms with E-state index in [1.54, 1.807) is 12.1 Å². The molecule has 1 aliphatic carbocycles. The zero-order chi connectivity index (χ0) is 24.2. The van der Waals surface area contributed by atoms with E-state index < -0.39 is 18.3 Å². The molecular formula is C30H27NO4. The van der Waals surface area contributed by atoms with Crippen LogP contribution in [0.3, 0.4) is 0 Å².